The van der Waals surface area contributed by atoms with E-state index in [0.29, 0.717) is 12.1 Å². The Morgan fingerprint density at radius 3 is 2.36 bits per heavy atom. The van der Waals surface area contributed by atoms with Gasteiger partial charge in [0.1, 0.15) is 11.5 Å². The van der Waals surface area contributed by atoms with Crippen molar-refractivity contribution in [2.24, 2.45) is 11.8 Å². The van der Waals surface area contributed by atoms with E-state index in [9.17, 15) is 0 Å². The van der Waals surface area contributed by atoms with Crippen LogP contribution in [0.4, 0.5) is 0 Å². The normalized spacial score (nSPS) is 27.2. The molecule has 0 amide bonds. The summed E-state index contributed by atoms with van der Waals surface area (Å²) in [6.45, 7) is 2.25. The third-order valence-electron chi connectivity index (χ3n) is 5.09. The van der Waals surface area contributed by atoms with Gasteiger partial charge in [0.2, 0.25) is 0 Å². The van der Waals surface area contributed by atoms with Gasteiger partial charge in [-0.3, -0.25) is 0 Å². The molecule has 2 aromatic carbocycles. The molecule has 114 valence electrons. The van der Waals surface area contributed by atoms with Crippen LogP contribution in [0.3, 0.4) is 0 Å². The van der Waals surface area contributed by atoms with Crippen molar-refractivity contribution in [2.75, 3.05) is 0 Å². The zero-order chi connectivity index (χ0) is 14.9. The van der Waals surface area contributed by atoms with Crippen LogP contribution in [0.5, 0.6) is 11.5 Å². The Balaban J connectivity index is 1.48. The first kappa shape index (κ1) is 13.8. The zero-order valence-corrected chi connectivity index (χ0v) is 13.0. The number of rotatable bonds is 5. The average Bonchev–Trinajstić information content (AvgIpc) is 3.15. The molecule has 2 aliphatic carbocycles. The summed E-state index contributed by atoms with van der Waals surface area (Å²) in [7, 11) is 0. The molecule has 0 aromatic heterocycles. The molecule has 2 fully saturated rings. The first-order valence-electron chi connectivity index (χ1n) is 8.37. The van der Waals surface area contributed by atoms with Crippen LogP contribution >= 0.6 is 0 Å². The molecule has 4 rings (SSSR count). The van der Waals surface area contributed by atoms with Crippen LogP contribution in [0.2, 0.25) is 0 Å². The maximum Gasteiger partial charge on any atom is 0.132 e. The lowest BCUT2D eigenvalue weighted by Gasteiger charge is -2.23. The number of hydrogen-bond acceptors (Lipinski definition) is 2. The molecule has 0 spiro atoms. The predicted molar refractivity (Wildman–Crippen MR) is 89.1 cm³/mol. The fourth-order valence-corrected chi connectivity index (χ4v) is 3.84. The highest BCUT2D eigenvalue weighted by atomic mass is 16.5. The van der Waals surface area contributed by atoms with Crippen molar-refractivity contribution < 1.29 is 4.74 Å². The van der Waals surface area contributed by atoms with E-state index in [2.05, 4.69) is 30.4 Å². The molecule has 2 saturated carbocycles. The monoisotopic (exact) mass is 293 g/mol. The van der Waals surface area contributed by atoms with Crippen molar-refractivity contribution in [1.29, 1.82) is 0 Å². The van der Waals surface area contributed by atoms with E-state index in [-0.39, 0.29) is 0 Å². The molecule has 0 aliphatic heterocycles. The smallest absolute Gasteiger partial charge is 0.132 e. The van der Waals surface area contributed by atoms with Crippen molar-refractivity contribution in [2.45, 2.75) is 38.3 Å². The van der Waals surface area contributed by atoms with E-state index in [0.717, 1.165) is 23.3 Å². The molecule has 1 N–H and O–H groups in total. The number of ether oxygens (including phenoxy) is 1. The molecule has 0 radical (unpaired) electrons. The van der Waals surface area contributed by atoms with Gasteiger partial charge in [-0.1, -0.05) is 36.4 Å². The number of hydrogen-bond donors (Lipinski definition) is 1. The number of nitrogens with one attached hydrogen (secondary N) is 1. The lowest BCUT2D eigenvalue weighted by molar-refractivity contribution is 0.414. The molecular weight excluding hydrogens is 270 g/mol. The Labute approximate surface area is 132 Å². The van der Waals surface area contributed by atoms with Crippen LogP contribution in [0.25, 0.3) is 0 Å². The fourth-order valence-electron chi connectivity index (χ4n) is 3.84. The molecule has 0 heterocycles. The first-order valence-corrected chi connectivity index (χ1v) is 8.37. The molecule has 2 nitrogen and oxygen atoms in total. The van der Waals surface area contributed by atoms with E-state index < -0.39 is 0 Å². The van der Waals surface area contributed by atoms with E-state index in [1.54, 1.807) is 0 Å². The predicted octanol–water partition coefficient (Wildman–Crippen LogP) is 4.93. The summed E-state index contributed by atoms with van der Waals surface area (Å²) in [5.41, 5.74) is 1.24. The van der Waals surface area contributed by atoms with Gasteiger partial charge < -0.3 is 10.1 Å². The molecular formula is C20H23NO. The van der Waals surface area contributed by atoms with Crippen LogP contribution in [0.1, 0.15) is 37.8 Å². The summed E-state index contributed by atoms with van der Waals surface area (Å²) in [6.07, 6.45) is 4.19. The second kappa shape index (κ2) is 5.77. The van der Waals surface area contributed by atoms with Gasteiger partial charge in [-0.15, -0.1) is 0 Å². The lowest BCUT2D eigenvalue weighted by atomic mass is 10.0. The lowest BCUT2D eigenvalue weighted by Crippen LogP contribution is -2.30. The van der Waals surface area contributed by atoms with Gasteiger partial charge in [0.25, 0.3) is 0 Å². The Hall–Kier alpha value is -1.80. The summed E-state index contributed by atoms with van der Waals surface area (Å²) in [5.74, 6) is 3.88. The highest BCUT2D eigenvalue weighted by molar-refractivity contribution is 5.39. The minimum absolute atomic E-state index is 0.322. The average molecular weight is 293 g/mol. The van der Waals surface area contributed by atoms with Gasteiger partial charge >= 0.3 is 0 Å². The maximum atomic E-state index is 6.09. The van der Waals surface area contributed by atoms with Crippen molar-refractivity contribution >= 4 is 0 Å². The van der Waals surface area contributed by atoms with Crippen LogP contribution in [0.15, 0.2) is 54.6 Å². The summed E-state index contributed by atoms with van der Waals surface area (Å²) in [6, 6.07) is 19.4. The van der Waals surface area contributed by atoms with Gasteiger partial charge in [0.05, 0.1) is 0 Å². The Morgan fingerprint density at radius 2 is 1.59 bits per heavy atom. The molecule has 2 aromatic rings. The quantitative estimate of drug-likeness (QED) is 0.844. The summed E-state index contributed by atoms with van der Waals surface area (Å²) in [4.78, 5) is 0. The van der Waals surface area contributed by atoms with Crippen LogP contribution < -0.4 is 10.1 Å². The fraction of sp³-hybridized carbons (Fsp3) is 0.400. The minimum Gasteiger partial charge on any atom is -0.457 e. The van der Waals surface area contributed by atoms with Crippen LogP contribution in [-0.2, 0) is 0 Å². The molecule has 0 bridgehead atoms. The van der Waals surface area contributed by atoms with Gasteiger partial charge in [-0.2, -0.15) is 0 Å². The number of para-hydroxylation sites is 2. The van der Waals surface area contributed by atoms with Gasteiger partial charge in [0, 0.05) is 17.6 Å². The topological polar surface area (TPSA) is 21.3 Å². The van der Waals surface area contributed by atoms with Crippen LogP contribution in [0, 0.1) is 11.8 Å². The van der Waals surface area contributed by atoms with Crippen LogP contribution in [-0.4, -0.2) is 6.04 Å². The Bertz CT molecular complexity index is 629. The minimum atomic E-state index is 0.322. The van der Waals surface area contributed by atoms with Gasteiger partial charge in [-0.25, -0.2) is 0 Å². The zero-order valence-electron chi connectivity index (χ0n) is 13.0. The summed E-state index contributed by atoms with van der Waals surface area (Å²) < 4.78 is 6.09. The summed E-state index contributed by atoms with van der Waals surface area (Å²) >= 11 is 0. The highest BCUT2D eigenvalue weighted by Crippen LogP contribution is 2.52. The van der Waals surface area contributed by atoms with Crippen molar-refractivity contribution in [1.82, 2.24) is 5.32 Å². The molecule has 3 unspecified atom stereocenters. The van der Waals surface area contributed by atoms with Gasteiger partial charge in [-0.05, 0) is 56.2 Å². The highest BCUT2D eigenvalue weighted by Gasteiger charge is 2.45. The van der Waals surface area contributed by atoms with Crippen molar-refractivity contribution in [3.8, 4) is 11.5 Å². The second-order valence-electron chi connectivity index (χ2n) is 6.77. The molecule has 3 atom stereocenters. The van der Waals surface area contributed by atoms with Gasteiger partial charge in [0.15, 0.2) is 0 Å². The maximum absolute atomic E-state index is 6.09. The molecule has 0 saturated heterocycles. The standard InChI is InChI=1S/C20H23NO/c1-14(21-17-12-15-11-16(15)13-17)19-9-5-6-10-20(19)22-18-7-3-2-4-8-18/h2-10,14-17,21H,11-13H2,1H3. The third kappa shape index (κ3) is 2.89. The second-order valence-corrected chi connectivity index (χ2v) is 6.77. The van der Waals surface area contributed by atoms with E-state index >= 15 is 0 Å². The molecule has 2 heteroatoms. The first-order chi connectivity index (χ1) is 10.8. The SMILES string of the molecule is CC(NC1CC2CC2C1)c1ccccc1Oc1ccccc1. The molecule has 2 aliphatic rings. The van der Waals surface area contributed by atoms with E-state index in [4.69, 9.17) is 4.74 Å². The third-order valence-corrected chi connectivity index (χ3v) is 5.09. The van der Waals surface area contributed by atoms with Crippen molar-refractivity contribution in [3.63, 3.8) is 0 Å². The Kier molecular flexibility index (Phi) is 3.63. The summed E-state index contributed by atoms with van der Waals surface area (Å²) in [5, 5.41) is 3.80. The van der Waals surface area contributed by atoms with Crippen molar-refractivity contribution in [3.05, 3.63) is 60.2 Å². The number of benzene rings is 2. The number of fused-ring (bicyclic) bond motifs is 1. The molecule has 22 heavy (non-hydrogen) atoms. The van der Waals surface area contributed by atoms with E-state index in [1.165, 1.54) is 24.8 Å². The van der Waals surface area contributed by atoms with E-state index in [1.807, 2.05) is 36.4 Å². The largest absolute Gasteiger partial charge is 0.457 e. The Morgan fingerprint density at radius 1 is 0.909 bits per heavy atom.